The molecule has 6 nitrogen and oxygen atoms in total. The second-order valence-electron chi connectivity index (χ2n) is 6.19. The Hall–Kier alpha value is -1.09. The molecule has 1 spiro atoms. The van der Waals surface area contributed by atoms with Crippen LogP contribution in [-0.2, 0) is 21.1 Å². The molecule has 1 saturated carbocycles. The number of aromatic nitrogens is 3. The van der Waals surface area contributed by atoms with E-state index in [1.54, 1.807) is 0 Å². The van der Waals surface area contributed by atoms with E-state index in [2.05, 4.69) is 10.2 Å². The van der Waals surface area contributed by atoms with E-state index in [0.717, 1.165) is 49.6 Å². The molecule has 22 heavy (non-hydrogen) atoms. The minimum Gasteiger partial charge on any atom is -0.370 e. The van der Waals surface area contributed by atoms with Crippen LogP contribution >= 0.6 is 0 Å². The Morgan fingerprint density at radius 1 is 1.32 bits per heavy atom. The highest BCUT2D eigenvalue weighted by molar-refractivity contribution is 7.90. The van der Waals surface area contributed by atoms with E-state index in [1.807, 2.05) is 0 Å². The number of sulfone groups is 1. The van der Waals surface area contributed by atoms with Crippen molar-refractivity contribution in [1.82, 2.24) is 15.0 Å². The molecule has 9 heteroatoms. The maximum Gasteiger partial charge on any atom is 0.285 e. The van der Waals surface area contributed by atoms with Crippen LogP contribution in [-0.4, -0.2) is 41.4 Å². The van der Waals surface area contributed by atoms with Crippen LogP contribution in [0, 0.1) is 0 Å². The maximum absolute atomic E-state index is 12.9. The van der Waals surface area contributed by atoms with Crippen LogP contribution in [0.15, 0.2) is 5.03 Å². The summed E-state index contributed by atoms with van der Waals surface area (Å²) in [6.07, 6.45) is 3.82. The average molecular weight is 335 g/mol. The van der Waals surface area contributed by atoms with E-state index in [-0.39, 0.29) is 18.2 Å². The normalized spacial score (nSPS) is 24.6. The van der Waals surface area contributed by atoms with Gasteiger partial charge in [-0.1, -0.05) is 0 Å². The third kappa shape index (κ3) is 3.01. The molecule has 0 N–H and O–H groups in total. The van der Waals surface area contributed by atoms with E-state index < -0.39 is 27.0 Å². The molecule has 1 aliphatic carbocycles. The first-order valence-electron chi connectivity index (χ1n) is 7.40. The molecule has 1 aromatic rings. The number of alkyl halides is 2. The highest BCUT2D eigenvalue weighted by Gasteiger charge is 2.42. The van der Waals surface area contributed by atoms with Crippen molar-refractivity contribution in [2.45, 2.75) is 68.2 Å². The zero-order chi connectivity index (χ0) is 16.0. The summed E-state index contributed by atoms with van der Waals surface area (Å²) in [4.78, 5) is 1.04. The molecule has 0 amide bonds. The van der Waals surface area contributed by atoms with Gasteiger partial charge in [0.15, 0.2) is 15.5 Å². The lowest BCUT2D eigenvalue weighted by molar-refractivity contribution is -0.173. The summed E-state index contributed by atoms with van der Waals surface area (Å²) < 4.78 is 55.0. The molecule has 2 fully saturated rings. The Bertz CT molecular complexity index is 655. The Morgan fingerprint density at radius 2 is 2.00 bits per heavy atom. The zero-order valence-corrected chi connectivity index (χ0v) is 13.2. The van der Waals surface area contributed by atoms with Crippen molar-refractivity contribution in [2.75, 3.05) is 6.26 Å². The van der Waals surface area contributed by atoms with Gasteiger partial charge >= 0.3 is 0 Å². The first kappa shape index (κ1) is 15.8. The van der Waals surface area contributed by atoms with Gasteiger partial charge in [0.05, 0.1) is 18.2 Å². The Balaban J connectivity index is 1.78. The molecule has 3 rings (SSSR count). The van der Waals surface area contributed by atoms with Gasteiger partial charge in [0, 0.05) is 6.26 Å². The van der Waals surface area contributed by atoms with Gasteiger partial charge in [-0.2, -0.15) is 9.90 Å². The minimum atomic E-state index is -3.83. The molecule has 0 radical (unpaired) electrons. The van der Waals surface area contributed by atoms with Gasteiger partial charge in [0.2, 0.25) is 5.03 Å². The van der Waals surface area contributed by atoms with Gasteiger partial charge in [0.25, 0.3) is 6.43 Å². The summed E-state index contributed by atoms with van der Waals surface area (Å²) in [7, 11) is -3.83. The van der Waals surface area contributed by atoms with Gasteiger partial charge in [-0.15, -0.1) is 5.10 Å². The molecule has 0 aromatic carbocycles. The third-order valence-corrected chi connectivity index (χ3v) is 5.41. The summed E-state index contributed by atoms with van der Waals surface area (Å²) in [6.45, 7) is 0.205. The molecule has 1 saturated heterocycles. The van der Waals surface area contributed by atoms with Crippen molar-refractivity contribution in [3.05, 3.63) is 5.69 Å². The van der Waals surface area contributed by atoms with Crippen LogP contribution in [0.2, 0.25) is 0 Å². The second kappa shape index (κ2) is 5.52. The molecule has 124 valence electrons. The SMILES string of the molecule is CS(=O)(=O)c1nn(CC2CCCC3(CCC3)O2)nc1C(F)F. The summed E-state index contributed by atoms with van der Waals surface area (Å²) in [5, 5.41) is 6.76. The van der Waals surface area contributed by atoms with Crippen LogP contribution in [0.1, 0.15) is 50.6 Å². The molecule has 2 aliphatic rings. The lowest BCUT2D eigenvalue weighted by atomic mass is 9.74. The Labute approximate surface area is 127 Å². The number of rotatable bonds is 4. The predicted molar refractivity (Wildman–Crippen MR) is 73.4 cm³/mol. The van der Waals surface area contributed by atoms with E-state index in [4.69, 9.17) is 4.74 Å². The van der Waals surface area contributed by atoms with Gasteiger partial charge in [0.1, 0.15) is 0 Å². The summed E-state index contributed by atoms with van der Waals surface area (Å²) >= 11 is 0. The average Bonchev–Trinajstić information content (AvgIpc) is 2.81. The van der Waals surface area contributed by atoms with Crippen molar-refractivity contribution in [1.29, 1.82) is 0 Å². The first-order valence-corrected chi connectivity index (χ1v) is 9.29. The van der Waals surface area contributed by atoms with E-state index in [1.165, 1.54) is 0 Å². The first-order chi connectivity index (χ1) is 10.3. The maximum atomic E-state index is 12.9. The summed E-state index contributed by atoms with van der Waals surface area (Å²) in [5.41, 5.74) is -0.835. The minimum absolute atomic E-state index is 0.0543. The largest absolute Gasteiger partial charge is 0.370 e. The van der Waals surface area contributed by atoms with E-state index >= 15 is 0 Å². The molecule has 0 bridgehead atoms. The molecular weight excluding hydrogens is 316 g/mol. The van der Waals surface area contributed by atoms with Crippen molar-refractivity contribution in [3.63, 3.8) is 0 Å². The summed E-state index contributed by atoms with van der Waals surface area (Å²) in [5.74, 6) is 0. The molecule has 2 heterocycles. The fraction of sp³-hybridized carbons (Fsp3) is 0.846. The fourth-order valence-electron chi connectivity index (χ4n) is 3.20. The number of ether oxygens (including phenoxy) is 1. The third-order valence-electron chi connectivity index (χ3n) is 4.41. The number of hydrogen-bond acceptors (Lipinski definition) is 5. The molecule has 1 aliphatic heterocycles. The lowest BCUT2D eigenvalue weighted by Crippen LogP contribution is -2.47. The topological polar surface area (TPSA) is 74.1 Å². The van der Waals surface area contributed by atoms with Crippen LogP contribution in [0.4, 0.5) is 8.78 Å². The van der Waals surface area contributed by atoms with Gasteiger partial charge in [-0.25, -0.2) is 17.2 Å². The number of halogens is 2. The molecular formula is C13H19F2N3O3S. The predicted octanol–water partition coefficient (Wildman–Crippen LogP) is 2.11. The monoisotopic (exact) mass is 335 g/mol. The highest BCUT2D eigenvalue weighted by atomic mass is 32.2. The van der Waals surface area contributed by atoms with Crippen LogP contribution in [0.5, 0.6) is 0 Å². The van der Waals surface area contributed by atoms with E-state index in [0.29, 0.717) is 0 Å². The Morgan fingerprint density at radius 3 is 2.50 bits per heavy atom. The van der Waals surface area contributed by atoms with Gasteiger partial charge in [-0.3, -0.25) is 0 Å². The lowest BCUT2D eigenvalue weighted by Gasteiger charge is -2.47. The van der Waals surface area contributed by atoms with Crippen LogP contribution in [0.3, 0.4) is 0 Å². The van der Waals surface area contributed by atoms with Crippen molar-refractivity contribution in [2.24, 2.45) is 0 Å². The van der Waals surface area contributed by atoms with Gasteiger partial charge in [-0.05, 0) is 38.5 Å². The van der Waals surface area contributed by atoms with Crippen molar-refractivity contribution in [3.8, 4) is 0 Å². The molecule has 1 atom stereocenters. The van der Waals surface area contributed by atoms with Crippen LogP contribution in [0.25, 0.3) is 0 Å². The van der Waals surface area contributed by atoms with E-state index in [9.17, 15) is 17.2 Å². The zero-order valence-electron chi connectivity index (χ0n) is 12.3. The summed E-state index contributed by atoms with van der Waals surface area (Å²) in [6, 6.07) is 0. The highest BCUT2D eigenvalue weighted by Crippen LogP contribution is 2.44. The van der Waals surface area contributed by atoms with Gasteiger partial charge < -0.3 is 4.74 Å². The smallest absolute Gasteiger partial charge is 0.285 e. The number of nitrogens with zero attached hydrogens (tertiary/aromatic N) is 3. The Kier molecular flexibility index (Phi) is 3.96. The standard InChI is InChI=1S/C13H19F2N3O3S/c1-22(19,20)12-10(11(14)15)16-18(17-12)8-9-4-2-5-13(21-9)6-3-7-13/h9,11H,2-8H2,1H3. The molecule has 1 unspecified atom stereocenters. The van der Waals surface area contributed by atoms with Crippen LogP contribution < -0.4 is 0 Å². The number of hydrogen-bond donors (Lipinski definition) is 0. The second-order valence-corrected chi connectivity index (χ2v) is 8.12. The quantitative estimate of drug-likeness (QED) is 0.842. The molecule has 1 aromatic heterocycles. The fourth-order valence-corrected chi connectivity index (χ4v) is 3.95. The van der Waals surface area contributed by atoms with Crippen molar-refractivity contribution < 1.29 is 21.9 Å². The van der Waals surface area contributed by atoms with Crippen molar-refractivity contribution >= 4 is 9.84 Å².